The van der Waals surface area contributed by atoms with Gasteiger partial charge in [0.15, 0.2) is 5.76 Å². The molecule has 4 nitrogen and oxygen atoms in total. The average Bonchev–Trinajstić information content (AvgIpc) is 3.06. The predicted octanol–water partition coefficient (Wildman–Crippen LogP) is 5.23. The number of aryl methyl sites for hydroxylation is 2. The van der Waals surface area contributed by atoms with E-state index in [0.717, 1.165) is 55.3 Å². The van der Waals surface area contributed by atoms with E-state index in [2.05, 4.69) is 34.3 Å². The molecule has 2 heterocycles. The van der Waals surface area contributed by atoms with E-state index in [1.54, 1.807) is 18.6 Å². The summed E-state index contributed by atoms with van der Waals surface area (Å²) in [5, 5.41) is 4.64. The number of hydrogen-bond acceptors (Lipinski definition) is 3. The number of hydrogen-bond donors (Lipinski definition) is 1. The Bertz CT molecular complexity index is 984. The Hall–Kier alpha value is -2.79. The van der Waals surface area contributed by atoms with E-state index in [0.29, 0.717) is 0 Å². The van der Waals surface area contributed by atoms with Gasteiger partial charge in [-0.1, -0.05) is 18.2 Å². The van der Waals surface area contributed by atoms with E-state index in [-0.39, 0.29) is 11.9 Å². The van der Waals surface area contributed by atoms with Crippen molar-refractivity contribution in [2.24, 2.45) is 7.05 Å². The summed E-state index contributed by atoms with van der Waals surface area (Å²) in [7, 11) is 2.01. The third-order valence-electron chi connectivity index (χ3n) is 5.48. The minimum absolute atomic E-state index is 0.0246. The summed E-state index contributed by atoms with van der Waals surface area (Å²) in [6.45, 7) is 0.870. The van der Waals surface area contributed by atoms with Gasteiger partial charge in [-0.25, -0.2) is 4.39 Å². The first-order chi connectivity index (χ1) is 14.2. The molecule has 152 valence electrons. The molecule has 0 radical (unpaired) electrons. The zero-order valence-electron chi connectivity index (χ0n) is 16.7. The smallest absolute Gasteiger partial charge is 0.159 e. The van der Waals surface area contributed by atoms with E-state index < -0.39 is 0 Å². The normalized spacial score (nSPS) is 16.9. The van der Waals surface area contributed by atoms with Gasteiger partial charge in [-0.05, 0) is 68.0 Å². The summed E-state index contributed by atoms with van der Waals surface area (Å²) in [6, 6.07) is 5.03. The summed E-state index contributed by atoms with van der Waals surface area (Å²) in [5.74, 6) is 0.611. The number of allylic oxidation sites excluding steroid dienone is 3. The van der Waals surface area contributed by atoms with Crippen molar-refractivity contribution in [3.8, 4) is 0 Å². The van der Waals surface area contributed by atoms with Crippen LogP contribution in [0.15, 0.2) is 72.7 Å². The van der Waals surface area contributed by atoms with Crippen molar-refractivity contribution in [2.75, 3.05) is 6.54 Å². The monoisotopic (exact) mass is 394 g/mol. The maximum atomic E-state index is 13.6. The molecular weight excluding hydrogens is 367 g/mol. The Kier molecular flexibility index (Phi) is 6.15. The minimum Gasteiger partial charge on any atom is -0.466 e. The van der Waals surface area contributed by atoms with Gasteiger partial charge >= 0.3 is 0 Å². The molecule has 2 aliphatic rings. The van der Waals surface area contributed by atoms with Gasteiger partial charge < -0.3 is 19.4 Å². The molecule has 0 saturated heterocycles. The number of benzene rings is 1. The average molecular weight is 394 g/mol. The van der Waals surface area contributed by atoms with E-state index in [9.17, 15) is 4.39 Å². The fourth-order valence-corrected chi connectivity index (χ4v) is 4.02. The molecule has 5 heteroatoms. The molecule has 0 amide bonds. The van der Waals surface area contributed by atoms with Crippen molar-refractivity contribution >= 4 is 10.9 Å². The molecule has 0 spiro atoms. The van der Waals surface area contributed by atoms with Crippen LogP contribution >= 0.6 is 0 Å². The Labute approximate surface area is 171 Å². The predicted molar refractivity (Wildman–Crippen MR) is 113 cm³/mol. The second-order valence-electron chi connectivity index (χ2n) is 7.53. The molecule has 1 unspecified atom stereocenters. The lowest BCUT2D eigenvalue weighted by atomic mass is 9.96. The first kappa shape index (κ1) is 19.5. The van der Waals surface area contributed by atoms with E-state index in [1.165, 1.54) is 23.5 Å². The van der Waals surface area contributed by atoms with Crippen LogP contribution in [0.2, 0.25) is 0 Å². The fraction of sp³-hybridized carbons (Fsp3) is 0.333. The number of rotatable bonds is 8. The number of fused-ring (bicyclic) bond motifs is 1. The zero-order chi connectivity index (χ0) is 20.1. The highest BCUT2D eigenvalue weighted by Gasteiger charge is 2.22. The quantitative estimate of drug-likeness (QED) is 0.623. The van der Waals surface area contributed by atoms with Gasteiger partial charge in [-0.15, -0.1) is 0 Å². The van der Waals surface area contributed by atoms with Crippen molar-refractivity contribution in [3.05, 3.63) is 84.1 Å². The largest absolute Gasteiger partial charge is 0.466 e. The van der Waals surface area contributed by atoms with Crippen molar-refractivity contribution in [3.63, 3.8) is 0 Å². The molecule has 0 saturated carbocycles. The van der Waals surface area contributed by atoms with Crippen LogP contribution in [0.5, 0.6) is 0 Å². The van der Waals surface area contributed by atoms with Crippen LogP contribution in [-0.4, -0.2) is 17.2 Å². The number of aromatic nitrogens is 1. The standard InChI is InChI=1S/C24H27FN2O2/c1-27-16-19(21-15-20(25)10-11-22(21)27)9-5-6-12-26-24(18-7-3-2-4-8-18)23-17-28-13-14-29-23/h2-3,7,10-11,13-17,24,26H,4-6,8-9,12H2,1H3. The van der Waals surface area contributed by atoms with Crippen LogP contribution in [0.4, 0.5) is 4.39 Å². The maximum absolute atomic E-state index is 13.6. The topological polar surface area (TPSA) is 35.4 Å². The second-order valence-corrected chi connectivity index (χ2v) is 7.53. The van der Waals surface area contributed by atoms with Gasteiger partial charge in [-0.3, -0.25) is 0 Å². The lowest BCUT2D eigenvalue weighted by Gasteiger charge is -2.25. The number of unbranched alkanes of at least 4 members (excludes halogenated alkanes) is 1. The second kappa shape index (κ2) is 9.14. The van der Waals surface area contributed by atoms with Crippen molar-refractivity contribution < 1.29 is 13.9 Å². The number of nitrogens with zero attached hydrogens (tertiary/aromatic N) is 1. The van der Waals surface area contributed by atoms with E-state index >= 15 is 0 Å². The fourth-order valence-electron chi connectivity index (χ4n) is 4.02. The summed E-state index contributed by atoms with van der Waals surface area (Å²) < 4.78 is 26.7. The summed E-state index contributed by atoms with van der Waals surface area (Å²) >= 11 is 0. The molecule has 1 aromatic carbocycles. The number of halogens is 1. The Morgan fingerprint density at radius 1 is 1.24 bits per heavy atom. The molecule has 1 aromatic heterocycles. The first-order valence-corrected chi connectivity index (χ1v) is 10.2. The number of nitrogens with one attached hydrogen (secondary N) is 1. The van der Waals surface area contributed by atoms with Crippen molar-refractivity contribution in [2.45, 2.75) is 38.1 Å². The highest BCUT2D eigenvalue weighted by Crippen LogP contribution is 2.25. The molecular formula is C24H27FN2O2. The van der Waals surface area contributed by atoms with E-state index in [1.807, 2.05) is 13.1 Å². The van der Waals surface area contributed by atoms with Crippen molar-refractivity contribution in [1.29, 1.82) is 0 Å². The molecule has 1 atom stereocenters. The van der Waals surface area contributed by atoms with Gasteiger partial charge in [0, 0.05) is 24.1 Å². The van der Waals surface area contributed by atoms with Gasteiger partial charge in [-0.2, -0.15) is 0 Å². The van der Waals surface area contributed by atoms with Gasteiger partial charge in [0.2, 0.25) is 0 Å². The zero-order valence-corrected chi connectivity index (χ0v) is 16.7. The van der Waals surface area contributed by atoms with E-state index in [4.69, 9.17) is 9.47 Å². The van der Waals surface area contributed by atoms with Crippen LogP contribution in [0.3, 0.4) is 0 Å². The van der Waals surface area contributed by atoms with Gasteiger partial charge in [0.05, 0.1) is 6.04 Å². The number of ether oxygens (including phenoxy) is 2. The van der Waals surface area contributed by atoms with Crippen LogP contribution in [0.25, 0.3) is 10.9 Å². The molecule has 1 aliphatic carbocycles. The lowest BCUT2D eigenvalue weighted by Crippen LogP contribution is -2.35. The Morgan fingerprint density at radius 3 is 2.97 bits per heavy atom. The highest BCUT2D eigenvalue weighted by atomic mass is 19.1. The van der Waals surface area contributed by atoms with Crippen molar-refractivity contribution in [1.82, 2.24) is 9.88 Å². The molecule has 1 aliphatic heterocycles. The molecule has 0 bridgehead atoms. The maximum Gasteiger partial charge on any atom is 0.159 e. The summed E-state index contributed by atoms with van der Waals surface area (Å²) in [5.41, 5.74) is 3.59. The van der Waals surface area contributed by atoms with Crippen LogP contribution in [0.1, 0.15) is 31.2 Å². The van der Waals surface area contributed by atoms with Gasteiger partial charge in [0.25, 0.3) is 0 Å². The minimum atomic E-state index is -0.179. The Morgan fingerprint density at radius 2 is 2.17 bits per heavy atom. The SMILES string of the molecule is Cn1cc(CCCCNC(C2=CC=CCC2)C2=COC=CO2)c2cc(F)ccc21. The highest BCUT2D eigenvalue weighted by molar-refractivity contribution is 5.84. The molecule has 2 aromatic rings. The molecule has 4 rings (SSSR count). The summed E-state index contributed by atoms with van der Waals surface area (Å²) in [4.78, 5) is 0. The molecule has 1 N–H and O–H groups in total. The Balaban J connectivity index is 1.34. The molecule has 0 fully saturated rings. The first-order valence-electron chi connectivity index (χ1n) is 10.2. The van der Waals surface area contributed by atoms with Gasteiger partial charge in [0.1, 0.15) is 24.6 Å². The molecule has 29 heavy (non-hydrogen) atoms. The third-order valence-corrected chi connectivity index (χ3v) is 5.48. The third kappa shape index (κ3) is 4.62. The lowest BCUT2D eigenvalue weighted by molar-refractivity contribution is 0.233. The van der Waals surface area contributed by atoms with Crippen LogP contribution in [0, 0.1) is 5.82 Å². The summed E-state index contributed by atoms with van der Waals surface area (Å²) in [6.07, 6.45) is 18.4. The van der Waals surface area contributed by atoms with Crippen LogP contribution in [-0.2, 0) is 22.9 Å². The van der Waals surface area contributed by atoms with Crippen LogP contribution < -0.4 is 5.32 Å².